The van der Waals surface area contributed by atoms with Crippen molar-refractivity contribution in [3.8, 4) is 0 Å². The van der Waals surface area contributed by atoms with E-state index in [1.54, 1.807) is 0 Å². The van der Waals surface area contributed by atoms with E-state index in [9.17, 15) is 4.79 Å². The SMILES string of the molecule is CC(CO)CCCNC(=O)CC1(N)CCC1. The Morgan fingerprint density at radius 1 is 1.56 bits per heavy atom. The highest BCUT2D eigenvalue weighted by molar-refractivity contribution is 5.77. The summed E-state index contributed by atoms with van der Waals surface area (Å²) >= 11 is 0. The Morgan fingerprint density at radius 3 is 2.75 bits per heavy atom. The maximum absolute atomic E-state index is 11.5. The van der Waals surface area contributed by atoms with Crippen LogP contribution in [0.2, 0.25) is 0 Å². The second-order valence-corrected chi connectivity index (χ2v) is 5.17. The zero-order valence-corrected chi connectivity index (χ0v) is 10.2. The van der Waals surface area contributed by atoms with Crippen molar-refractivity contribution in [1.82, 2.24) is 5.32 Å². The van der Waals surface area contributed by atoms with Crippen LogP contribution in [0.1, 0.15) is 45.4 Å². The summed E-state index contributed by atoms with van der Waals surface area (Å²) in [5.74, 6) is 0.392. The van der Waals surface area contributed by atoms with E-state index >= 15 is 0 Å². The molecule has 0 aromatic rings. The lowest BCUT2D eigenvalue weighted by Gasteiger charge is -2.37. The maximum Gasteiger partial charge on any atom is 0.221 e. The summed E-state index contributed by atoms with van der Waals surface area (Å²) in [7, 11) is 0. The molecular weight excluding hydrogens is 204 g/mol. The number of nitrogens with two attached hydrogens (primary N) is 1. The van der Waals surface area contributed by atoms with Gasteiger partial charge in [0, 0.05) is 25.1 Å². The lowest BCUT2D eigenvalue weighted by molar-refractivity contribution is -0.123. The van der Waals surface area contributed by atoms with Gasteiger partial charge in [0.1, 0.15) is 0 Å². The minimum Gasteiger partial charge on any atom is -0.396 e. The fourth-order valence-corrected chi connectivity index (χ4v) is 1.96. The van der Waals surface area contributed by atoms with Crippen molar-refractivity contribution in [2.24, 2.45) is 11.7 Å². The Kier molecular flexibility index (Phi) is 5.22. The molecule has 1 aliphatic carbocycles. The van der Waals surface area contributed by atoms with Crippen molar-refractivity contribution in [2.45, 2.75) is 51.0 Å². The van der Waals surface area contributed by atoms with Crippen molar-refractivity contribution < 1.29 is 9.90 Å². The van der Waals surface area contributed by atoms with Crippen LogP contribution in [0.5, 0.6) is 0 Å². The van der Waals surface area contributed by atoms with Gasteiger partial charge in [-0.2, -0.15) is 0 Å². The highest BCUT2D eigenvalue weighted by atomic mass is 16.3. The smallest absolute Gasteiger partial charge is 0.221 e. The molecule has 1 atom stereocenters. The summed E-state index contributed by atoms with van der Waals surface area (Å²) < 4.78 is 0. The lowest BCUT2D eigenvalue weighted by Crippen LogP contribution is -2.50. The molecule has 4 N–H and O–H groups in total. The van der Waals surface area contributed by atoms with Crippen LogP contribution in [0.4, 0.5) is 0 Å². The molecule has 0 heterocycles. The number of carbonyl (C=O) groups excluding carboxylic acids is 1. The summed E-state index contributed by atoms with van der Waals surface area (Å²) in [6.45, 7) is 2.92. The second kappa shape index (κ2) is 6.21. The van der Waals surface area contributed by atoms with Gasteiger partial charge in [0.05, 0.1) is 0 Å². The molecule has 94 valence electrons. The first-order valence-corrected chi connectivity index (χ1v) is 6.22. The summed E-state index contributed by atoms with van der Waals surface area (Å²) in [6, 6.07) is 0. The topological polar surface area (TPSA) is 75.3 Å². The third kappa shape index (κ3) is 4.49. The molecule has 0 spiro atoms. The predicted octanol–water partition coefficient (Wildman–Crippen LogP) is 0.783. The first kappa shape index (κ1) is 13.5. The van der Waals surface area contributed by atoms with Crippen LogP contribution >= 0.6 is 0 Å². The summed E-state index contributed by atoms with van der Waals surface area (Å²) in [5.41, 5.74) is 5.76. The molecule has 0 aromatic carbocycles. The van der Waals surface area contributed by atoms with Gasteiger partial charge >= 0.3 is 0 Å². The number of hydrogen-bond acceptors (Lipinski definition) is 3. The van der Waals surface area contributed by atoms with Crippen LogP contribution in [0, 0.1) is 5.92 Å². The van der Waals surface area contributed by atoms with Gasteiger partial charge in [0.15, 0.2) is 0 Å². The average Bonchev–Trinajstić information content (AvgIpc) is 2.21. The molecule has 1 fully saturated rings. The Morgan fingerprint density at radius 2 is 2.25 bits per heavy atom. The van der Waals surface area contributed by atoms with E-state index in [-0.39, 0.29) is 18.1 Å². The van der Waals surface area contributed by atoms with Crippen molar-refractivity contribution >= 4 is 5.91 Å². The van der Waals surface area contributed by atoms with E-state index in [0.717, 1.165) is 32.1 Å². The van der Waals surface area contributed by atoms with Gasteiger partial charge in [-0.15, -0.1) is 0 Å². The third-order valence-electron chi connectivity index (χ3n) is 3.37. The monoisotopic (exact) mass is 228 g/mol. The van der Waals surface area contributed by atoms with Crippen LogP contribution in [-0.2, 0) is 4.79 Å². The number of hydrogen-bond donors (Lipinski definition) is 3. The summed E-state index contributed by atoms with van der Waals surface area (Å²) in [6.07, 6.45) is 5.43. The van der Waals surface area contributed by atoms with E-state index in [1.165, 1.54) is 0 Å². The average molecular weight is 228 g/mol. The van der Waals surface area contributed by atoms with Gasteiger partial charge < -0.3 is 16.2 Å². The Bertz CT molecular complexity index is 227. The number of rotatable bonds is 7. The lowest BCUT2D eigenvalue weighted by atomic mass is 9.75. The van der Waals surface area contributed by atoms with Crippen LogP contribution in [0.15, 0.2) is 0 Å². The molecule has 1 rings (SSSR count). The molecule has 1 unspecified atom stereocenters. The zero-order chi connectivity index (χ0) is 12.0. The van der Waals surface area contributed by atoms with Crippen molar-refractivity contribution in [2.75, 3.05) is 13.2 Å². The number of nitrogens with one attached hydrogen (secondary N) is 1. The quantitative estimate of drug-likeness (QED) is 0.564. The van der Waals surface area contributed by atoms with Gasteiger partial charge in [-0.05, 0) is 38.0 Å². The largest absolute Gasteiger partial charge is 0.396 e. The van der Waals surface area contributed by atoms with Gasteiger partial charge in [0.25, 0.3) is 0 Å². The molecule has 0 aliphatic heterocycles. The van der Waals surface area contributed by atoms with E-state index in [0.29, 0.717) is 18.9 Å². The molecule has 0 bridgehead atoms. The van der Waals surface area contributed by atoms with Gasteiger partial charge in [-0.25, -0.2) is 0 Å². The van der Waals surface area contributed by atoms with Crippen LogP contribution < -0.4 is 11.1 Å². The van der Waals surface area contributed by atoms with E-state index < -0.39 is 0 Å². The van der Waals surface area contributed by atoms with E-state index in [4.69, 9.17) is 10.8 Å². The van der Waals surface area contributed by atoms with Crippen LogP contribution in [0.25, 0.3) is 0 Å². The molecule has 0 aromatic heterocycles. The van der Waals surface area contributed by atoms with Crippen molar-refractivity contribution in [3.63, 3.8) is 0 Å². The minimum absolute atomic E-state index is 0.0684. The highest BCUT2D eigenvalue weighted by Gasteiger charge is 2.34. The summed E-state index contributed by atoms with van der Waals surface area (Å²) in [5, 5.41) is 11.7. The van der Waals surface area contributed by atoms with Gasteiger partial charge in [-0.1, -0.05) is 6.92 Å². The molecule has 1 amide bonds. The van der Waals surface area contributed by atoms with E-state index in [1.807, 2.05) is 6.92 Å². The normalized spacial score (nSPS) is 19.9. The molecule has 0 saturated heterocycles. The van der Waals surface area contributed by atoms with Crippen molar-refractivity contribution in [1.29, 1.82) is 0 Å². The maximum atomic E-state index is 11.5. The number of amides is 1. The number of aliphatic hydroxyl groups excluding tert-OH is 1. The minimum atomic E-state index is -0.220. The summed E-state index contributed by atoms with van der Waals surface area (Å²) in [4.78, 5) is 11.5. The van der Waals surface area contributed by atoms with Gasteiger partial charge in [0.2, 0.25) is 5.91 Å². The fourth-order valence-electron chi connectivity index (χ4n) is 1.96. The number of aliphatic hydroxyl groups is 1. The molecule has 4 nitrogen and oxygen atoms in total. The Hall–Kier alpha value is -0.610. The molecule has 1 saturated carbocycles. The Balaban J connectivity index is 2.02. The fraction of sp³-hybridized carbons (Fsp3) is 0.917. The van der Waals surface area contributed by atoms with Gasteiger partial charge in [-0.3, -0.25) is 4.79 Å². The molecular formula is C12H24N2O2. The first-order chi connectivity index (χ1) is 7.56. The molecule has 4 heteroatoms. The van der Waals surface area contributed by atoms with Crippen molar-refractivity contribution in [3.05, 3.63) is 0 Å². The predicted molar refractivity (Wildman–Crippen MR) is 63.9 cm³/mol. The second-order valence-electron chi connectivity index (χ2n) is 5.17. The standard InChI is InChI=1S/C12H24N2O2/c1-10(9-15)4-2-7-14-11(16)8-12(13)5-3-6-12/h10,15H,2-9,13H2,1H3,(H,14,16). The van der Waals surface area contributed by atoms with Crippen LogP contribution in [0.3, 0.4) is 0 Å². The Labute approximate surface area is 97.6 Å². The zero-order valence-electron chi connectivity index (χ0n) is 10.2. The molecule has 1 aliphatic rings. The van der Waals surface area contributed by atoms with E-state index in [2.05, 4.69) is 5.32 Å². The number of carbonyl (C=O) groups is 1. The van der Waals surface area contributed by atoms with Crippen LogP contribution in [-0.4, -0.2) is 29.7 Å². The molecule has 16 heavy (non-hydrogen) atoms. The third-order valence-corrected chi connectivity index (χ3v) is 3.37. The first-order valence-electron chi connectivity index (χ1n) is 6.22. The highest BCUT2D eigenvalue weighted by Crippen LogP contribution is 2.31. The molecule has 0 radical (unpaired) electrons.